The first-order valence-corrected chi connectivity index (χ1v) is 6.90. The minimum Gasteiger partial charge on any atom is -0.314 e. The molecule has 0 amide bonds. The van der Waals surface area contributed by atoms with E-state index < -0.39 is 0 Å². The van der Waals surface area contributed by atoms with Crippen LogP contribution in [0.25, 0.3) is 0 Å². The molecular formula is C13H24N4. The second-order valence-electron chi connectivity index (χ2n) is 5.17. The Kier molecular flexibility index (Phi) is 4.38. The van der Waals surface area contributed by atoms with E-state index >= 15 is 0 Å². The number of hydrogen-bond donors (Lipinski definition) is 1. The van der Waals surface area contributed by atoms with Crippen molar-refractivity contribution in [3.05, 3.63) is 0 Å². The van der Waals surface area contributed by atoms with Crippen LogP contribution in [0.5, 0.6) is 0 Å². The average Bonchev–Trinajstić information content (AvgIpc) is 2.62. The summed E-state index contributed by atoms with van der Waals surface area (Å²) in [5.41, 5.74) is -0.188. The fourth-order valence-electron chi connectivity index (χ4n) is 3.08. The third kappa shape index (κ3) is 2.79. The summed E-state index contributed by atoms with van der Waals surface area (Å²) in [4.78, 5) is 4.89. The molecule has 2 fully saturated rings. The van der Waals surface area contributed by atoms with Crippen LogP contribution in [0, 0.1) is 11.3 Å². The van der Waals surface area contributed by atoms with Gasteiger partial charge in [-0.25, -0.2) is 0 Å². The highest BCUT2D eigenvalue weighted by Gasteiger charge is 2.38. The number of nitrogens with one attached hydrogen (secondary N) is 1. The summed E-state index contributed by atoms with van der Waals surface area (Å²) < 4.78 is 0. The van der Waals surface area contributed by atoms with Gasteiger partial charge in [-0.1, -0.05) is 6.92 Å². The van der Waals surface area contributed by atoms with Gasteiger partial charge in [-0.05, 0) is 32.4 Å². The molecule has 2 heterocycles. The van der Waals surface area contributed by atoms with Crippen LogP contribution in [0.3, 0.4) is 0 Å². The van der Waals surface area contributed by atoms with Gasteiger partial charge < -0.3 is 10.2 Å². The lowest BCUT2D eigenvalue weighted by Gasteiger charge is -2.40. The van der Waals surface area contributed by atoms with Crippen molar-refractivity contribution in [3.63, 3.8) is 0 Å². The van der Waals surface area contributed by atoms with Crippen molar-refractivity contribution in [2.24, 2.45) is 0 Å². The summed E-state index contributed by atoms with van der Waals surface area (Å²) in [5.74, 6) is 0. The molecule has 0 aliphatic carbocycles. The summed E-state index contributed by atoms with van der Waals surface area (Å²) in [6.07, 6.45) is 3.21. The lowest BCUT2D eigenvalue weighted by molar-refractivity contribution is 0.104. The zero-order chi connectivity index (χ0) is 12.1. The highest BCUT2D eigenvalue weighted by molar-refractivity contribution is 5.10. The molecule has 4 heteroatoms. The van der Waals surface area contributed by atoms with Crippen molar-refractivity contribution in [2.75, 3.05) is 45.8 Å². The molecule has 0 aromatic carbocycles. The zero-order valence-corrected chi connectivity index (χ0v) is 10.9. The zero-order valence-electron chi connectivity index (χ0n) is 10.9. The van der Waals surface area contributed by atoms with Crippen LogP contribution >= 0.6 is 0 Å². The summed E-state index contributed by atoms with van der Waals surface area (Å²) in [6, 6.07) is 2.64. The van der Waals surface area contributed by atoms with Crippen molar-refractivity contribution >= 4 is 0 Å². The number of nitrogens with zero attached hydrogens (tertiary/aromatic N) is 3. The molecule has 0 aromatic heterocycles. The Hall–Kier alpha value is -0.630. The normalized spacial score (nSPS) is 32.9. The van der Waals surface area contributed by atoms with Crippen molar-refractivity contribution in [1.82, 2.24) is 15.1 Å². The predicted molar refractivity (Wildman–Crippen MR) is 68.8 cm³/mol. The minimum atomic E-state index is -0.188. The Morgan fingerprint density at radius 2 is 1.94 bits per heavy atom. The first-order valence-electron chi connectivity index (χ1n) is 6.90. The molecule has 0 aromatic rings. The fraction of sp³-hybridized carbons (Fsp3) is 0.923. The summed E-state index contributed by atoms with van der Waals surface area (Å²) in [7, 11) is 0. The molecule has 1 atom stereocenters. The average molecular weight is 236 g/mol. The van der Waals surface area contributed by atoms with Gasteiger partial charge in [0.1, 0.15) is 5.54 Å². The lowest BCUT2D eigenvalue weighted by atomic mass is 9.89. The third-order valence-corrected chi connectivity index (χ3v) is 4.28. The quantitative estimate of drug-likeness (QED) is 0.765. The van der Waals surface area contributed by atoms with Crippen LogP contribution in [0.4, 0.5) is 0 Å². The molecule has 2 saturated heterocycles. The number of piperazine rings is 1. The van der Waals surface area contributed by atoms with Crippen LogP contribution in [0.15, 0.2) is 0 Å². The van der Waals surface area contributed by atoms with Crippen molar-refractivity contribution in [2.45, 2.75) is 31.7 Å². The molecule has 2 rings (SSSR count). The maximum atomic E-state index is 9.65. The molecule has 96 valence electrons. The van der Waals surface area contributed by atoms with Crippen LogP contribution in [0.1, 0.15) is 26.2 Å². The van der Waals surface area contributed by atoms with E-state index in [1.807, 2.05) is 0 Å². The van der Waals surface area contributed by atoms with Gasteiger partial charge in [-0.15, -0.1) is 0 Å². The molecule has 17 heavy (non-hydrogen) atoms. The highest BCUT2D eigenvalue weighted by Crippen LogP contribution is 2.28. The fourth-order valence-corrected chi connectivity index (χ4v) is 3.08. The predicted octanol–water partition coefficient (Wildman–Crippen LogP) is 0.660. The highest BCUT2D eigenvalue weighted by atomic mass is 15.3. The standard InChI is InChI=1S/C13H24N4/c1-2-16-8-3-4-13(12-14,5-9-16)17-10-6-15-7-11-17/h15H,2-11H2,1H3. The van der Waals surface area contributed by atoms with Crippen LogP contribution < -0.4 is 5.32 Å². The van der Waals surface area contributed by atoms with Gasteiger partial charge >= 0.3 is 0 Å². The molecule has 0 bridgehead atoms. The summed E-state index contributed by atoms with van der Waals surface area (Å²) in [6.45, 7) is 9.68. The lowest BCUT2D eigenvalue weighted by Crippen LogP contribution is -2.55. The van der Waals surface area contributed by atoms with Crippen molar-refractivity contribution in [3.8, 4) is 6.07 Å². The Bertz CT molecular complexity index is 280. The van der Waals surface area contributed by atoms with Gasteiger partial charge in [0.25, 0.3) is 0 Å². The van der Waals surface area contributed by atoms with Gasteiger partial charge in [0.2, 0.25) is 0 Å². The maximum Gasteiger partial charge on any atom is 0.110 e. The van der Waals surface area contributed by atoms with Gasteiger partial charge in [0.15, 0.2) is 0 Å². The van der Waals surface area contributed by atoms with E-state index in [4.69, 9.17) is 0 Å². The smallest absolute Gasteiger partial charge is 0.110 e. The molecule has 4 nitrogen and oxygen atoms in total. The van der Waals surface area contributed by atoms with Crippen LogP contribution in [-0.4, -0.2) is 61.2 Å². The van der Waals surface area contributed by atoms with Gasteiger partial charge in [0.05, 0.1) is 6.07 Å². The van der Waals surface area contributed by atoms with E-state index in [9.17, 15) is 5.26 Å². The topological polar surface area (TPSA) is 42.3 Å². The number of rotatable bonds is 2. The first-order chi connectivity index (χ1) is 8.30. The van der Waals surface area contributed by atoms with E-state index in [0.717, 1.165) is 65.1 Å². The molecule has 2 aliphatic rings. The first kappa shape index (κ1) is 12.8. The van der Waals surface area contributed by atoms with E-state index in [0.29, 0.717) is 0 Å². The van der Waals surface area contributed by atoms with Crippen LogP contribution in [-0.2, 0) is 0 Å². The number of hydrogen-bond acceptors (Lipinski definition) is 4. The second kappa shape index (κ2) is 5.81. The molecule has 0 spiro atoms. The second-order valence-corrected chi connectivity index (χ2v) is 5.17. The van der Waals surface area contributed by atoms with E-state index in [1.165, 1.54) is 0 Å². The molecule has 0 saturated carbocycles. The molecular weight excluding hydrogens is 212 g/mol. The molecule has 0 radical (unpaired) electrons. The molecule has 1 unspecified atom stereocenters. The third-order valence-electron chi connectivity index (χ3n) is 4.28. The van der Waals surface area contributed by atoms with E-state index in [1.54, 1.807) is 0 Å². The maximum absolute atomic E-state index is 9.65. The van der Waals surface area contributed by atoms with E-state index in [2.05, 4.69) is 28.1 Å². The summed E-state index contributed by atoms with van der Waals surface area (Å²) >= 11 is 0. The summed E-state index contributed by atoms with van der Waals surface area (Å²) in [5, 5.41) is 13.0. The number of nitriles is 1. The monoisotopic (exact) mass is 236 g/mol. The minimum absolute atomic E-state index is 0.188. The Labute approximate surface area is 105 Å². The SMILES string of the molecule is CCN1CCCC(C#N)(N2CCNCC2)CC1. The molecule has 2 aliphatic heterocycles. The van der Waals surface area contributed by atoms with Crippen molar-refractivity contribution in [1.29, 1.82) is 5.26 Å². The van der Waals surface area contributed by atoms with Gasteiger partial charge in [0, 0.05) is 32.7 Å². The molecule has 1 N–H and O–H groups in total. The Morgan fingerprint density at radius 3 is 2.59 bits per heavy atom. The number of likely N-dealkylation sites (tertiary alicyclic amines) is 1. The van der Waals surface area contributed by atoms with E-state index in [-0.39, 0.29) is 5.54 Å². The Balaban J connectivity index is 2.05. The largest absolute Gasteiger partial charge is 0.314 e. The Morgan fingerprint density at radius 1 is 1.18 bits per heavy atom. The van der Waals surface area contributed by atoms with Crippen molar-refractivity contribution < 1.29 is 0 Å². The van der Waals surface area contributed by atoms with Gasteiger partial charge in [-0.3, -0.25) is 4.90 Å². The van der Waals surface area contributed by atoms with Crippen LogP contribution in [0.2, 0.25) is 0 Å². The van der Waals surface area contributed by atoms with Gasteiger partial charge in [-0.2, -0.15) is 5.26 Å².